The van der Waals surface area contributed by atoms with Crippen LogP contribution in [0, 0.1) is 0 Å². The van der Waals surface area contributed by atoms with Gasteiger partial charge in [-0.15, -0.1) is 0 Å². The molecule has 0 amide bonds. The Kier molecular flexibility index (Phi) is 10.8. The average Bonchev–Trinajstić information content (AvgIpc) is 2.91. The Labute approximate surface area is 212 Å². The van der Waals surface area contributed by atoms with Gasteiger partial charge in [-0.1, -0.05) is 54.6 Å². The van der Waals surface area contributed by atoms with E-state index in [1.165, 1.54) is 5.56 Å². The molecular formula is C29H33NO6. The number of esters is 2. The molecule has 190 valence electrons. The Morgan fingerprint density at radius 1 is 0.694 bits per heavy atom. The van der Waals surface area contributed by atoms with Crippen molar-refractivity contribution in [2.75, 3.05) is 33.0 Å². The average molecular weight is 492 g/mol. The normalized spacial score (nSPS) is 10.6. The quantitative estimate of drug-likeness (QED) is 0.333. The third kappa shape index (κ3) is 8.74. The van der Waals surface area contributed by atoms with E-state index < -0.39 is 11.9 Å². The molecular weight excluding hydrogens is 458 g/mol. The van der Waals surface area contributed by atoms with Crippen LogP contribution < -0.4 is 14.8 Å². The first-order chi connectivity index (χ1) is 17.6. The zero-order valence-corrected chi connectivity index (χ0v) is 20.8. The molecule has 0 bridgehead atoms. The number of ether oxygens (including phenoxy) is 4. The number of nitrogens with one attached hydrogen (secondary N) is 1. The molecule has 0 spiro atoms. The highest BCUT2D eigenvalue weighted by molar-refractivity contribution is 5.71. The molecule has 0 saturated carbocycles. The van der Waals surface area contributed by atoms with Crippen molar-refractivity contribution in [3.05, 3.63) is 95.6 Å². The summed E-state index contributed by atoms with van der Waals surface area (Å²) in [6.45, 7) is 5.39. The fourth-order valence-electron chi connectivity index (χ4n) is 3.67. The lowest BCUT2D eigenvalue weighted by atomic mass is 9.91. The molecule has 0 atom stereocenters. The maximum atomic E-state index is 11.6. The molecule has 3 aromatic carbocycles. The van der Waals surface area contributed by atoms with Gasteiger partial charge >= 0.3 is 11.9 Å². The van der Waals surface area contributed by atoms with E-state index >= 15 is 0 Å². The van der Waals surface area contributed by atoms with E-state index in [9.17, 15) is 9.59 Å². The molecule has 7 nitrogen and oxygen atoms in total. The number of rotatable bonds is 14. The van der Waals surface area contributed by atoms with E-state index in [0.29, 0.717) is 31.3 Å². The molecule has 0 aliphatic carbocycles. The first-order valence-corrected chi connectivity index (χ1v) is 12.1. The van der Waals surface area contributed by atoms with Gasteiger partial charge in [0.2, 0.25) is 0 Å². The van der Waals surface area contributed by atoms with Gasteiger partial charge in [-0.2, -0.15) is 0 Å². The predicted molar refractivity (Wildman–Crippen MR) is 137 cm³/mol. The third-order valence-corrected chi connectivity index (χ3v) is 5.41. The van der Waals surface area contributed by atoms with Crippen LogP contribution in [0.15, 0.2) is 78.9 Å². The van der Waals surface area contributed by atoms with Gasteiger partial charge < -0.3 is 24.3 Å². The van der Waals surface area contributed by atoms with Crippen molar-refractivity contribution in [1.82, 2.24) is 5.32 Å². The number of benzene rings is 3. The maximum absolute atomic E-state index is 11.6. The van der Waals surface area contributed by atoms with E-state index in [2.05, 4.69) is 17.4 Å². The van der Waals surface area contributed by atoms with Crippen molar-refractivity contribution in [2.24, 2.45) is 0 Å². The highest BCUT2D eigenvalue weighted by atomic mass is 16.6. The summed E-state index contributed by atoms with van der Waals surface area (Å²) in [5, 5.41) is 3.55. The molecule has 0 aliphatic rings. The zero-order chi connectivity index (χ0) is 25.6. The Morgan fingerprint density at radius 3 is 1.61 bits per heavy atom. The van der Waals surface area contributed by atoms with Gasteiger partial charge in [-0.05, 0) is 54.8 Å². The molecule has 0 aliphatic heterocycles. The highest BCUT2D eigenvalue weighted by Gasteiger charge is 2.15. The van der Waals surface area contributed by atoms with Gasteiger partial charge in [0.25, 0.3) is 0 Å². The fraction of sp³-hybridized carbons (Fsp3) is 0.310. The summed E-state index contributed by atoms with van der Waals surface area (Å²) in [7, 11) is 0. The van der Waals surface area contributed by atoms with E-state index in [1.54, 1.807) is 13.8 Å². The Balaban J connectivity index is 1.69. The largest absolute Gasteiger partial charge is 0.482 e. The number of hydrogen-bond donors (Lipinski definition) is 1. The topological polar surface area (TPSA) is 83.1 Å². The minimum absolute atomic E-state index is 0.0620. The second kappa shape index (κ2) is 14.5. The van der Waals surface area contributed by atoms with Crippen molar-refractivity contribution in [3.63, 3.8) is 0 Å². The van der Waals surface area contributed by atoms with E-state index in [1.807, 2.05) is 66.7 Å². The summed E-state index contributed by atoms with van der Waals surface area (Å²) in [6, 6.07) is 25.7. The van der Waals surface area contributed by atoms with Crippen LogP contribution in [0.2, 0.25) is 0 Å². The molecule has 36 heavy (non-hydrogen) atoms. The molecule has 1 N–H and O–H groups in total. The fourth-order valence-corrected chi connectivity index (χ4v) is 3.67. The van der Waals surface area contributed by atoms with Gasteiger partial charge in [-0.25, -0.2) is 9.59 Å². The van der Waals surface area contributed by atoms with Gasteiger partial charge in [0.05, 0.1) is 13.2 Å². The van der Waals surface area contributed by atoms with Gasteiger partial charge in [-0.3, -0.25) is 0 Å². The molecule has 0 aromatic heterocycles. The highest BCUT2D eigenvalue weighted by Crippen LogP contribution is 2.28. The molecule has 0 heterocycles. The van der Waals surface area contributed by atoms with E-state index in [4.69, 9.17) is 18.9 Å². The van der Waals surface area contributed by atoms with Crippen molar-refractivity contribution < 1.29 is 28.5 Å². The summed E-state index contributed by atoms with van der Waals surface area (Å²) in [5.74, 6) is 0.479. The first kappa shape index (κ1) is 26.8. The second-order valence-electron chi connectivity index (χ2n) is 7.99. The van der Waals surface area contributed by atoms with Gasteiger partial charge in [0.1, 0.15) is 11.5 Å². The number of hydrogen-bond acceptors (Lipinski definition) is 7. The Hall–Kier alpha value is -3.84. The minimum atomic E-state index is -0.394. The summed E-state index contributed by atoms with van der Waals surface area (Å²) < 4.78 is 20.9. The predicted octanol–water partition coefficient (Wildman–Crippen LogP) is 4.49. The molecule has 0 radical (unpaired) electrons. The lowest BCUT2D eigenvalue weighted by Crippen LogP contribution is -2.22. The van der Waals surface area contributed by atoms with Crippen molar-refractivity contribution >= 4 is 11.9 Å². The van der Waals surface area contributed by atoms with Crippen LogP contribution in [-0.2, 0) is 25.6 Å². The van der Waals surface area contributed by atoms with Crippen molar-refractivity contribution in [3.8, 4) is 11.5 Å². The van der Waals surface area contributed by atoms with Gasteiger partial charge in [0, 0.05) is 19.0 Å². The zero-order valence-electron chi connectivity index (χ0n) is 20.8. The van der Waals surface area contributed by atoms with Crippen LogP contribution in [0.3, 0.4) is 0 Å². The molecule has 7 heteroatoms. The SMILES string of the molecule is CCOC(=O)COc1ccc(C(CNCc2ccccc2)c2ccc(OCC(=O)OCC)cc2)cc1. The summed E-state index contributed by atoms with van der Waals surface area (Å²) in [6.07, 6.45) is 0. The summed E-state index contributed by atoms with van der Waals surface area (Å²) >= 11 is 0. The number of carbonyl (C=O) groups is 2. The smallest absolute Gasteiger partial charge is 0.344 e. The monoisotopic (exact) mass is 491 g/mol. The molecule has 3 aromatic rings. The third-order valence-electron chi connectivity index (χ3n) is 5.41. The molecule has 0 unspecified atom stereocenters. The molecule has 3 rings (SSSR count). The first-order valence-electron chi connectivity index (χ1n) is 12.1. The van der Waals surface area contributed by atoms with Crippen molar-refractivity contribution in [2.45, 2.75) is 26.3 Å². The Morgan fingerprint density at radius 2 is 1.17 bits per heavy atom. The van der Waals surface area contributed by atoms with Crippen LogP contribution in [-0.4, -0.2) is 44.9 Å². The minimum Gasteiger partial charge on any atom is -0.482 e. The standard InChI is InChI=1S/C29H33NO6/c1-3-33-28(31)20-35-25-14-10-23(11-15-25)27(19-30-18-22-8-6-5-7-9-22)24-12-16-26(17-13-24)36-21-29(32)34-4-2/h5-17,27,30H,3-4,18-21H2,1-2H3. The summed E-state index contributed by atoms with van der Waals surface area (Å²) in [4.78, 5) is 23.1. The Bertz CT molecular complexity index is 1000. The van der Waals surface area contributed by atoms with Crippen LogP contribution in [0.1, 0.15) is 36.5 Å². The number of carbonyl (C=O) groups excluding carboxylic acids is 2. The molecule has 0 saturated heterocycles. The van der Waals surface area contributed by atoms with Crippen LogP contribution >= 0.6 is 0 Å². The lowest BCUT2D eigenvalue weighted by molar-refractivity contribution is -0.146. The van der Waals surface area contributed by atoms with E-state index in [0.717, 1.165) is 17.7 Å². The maximum Gasteiger partial charge on any atom is 0.344 e. The summed E-state index contributed by atoms with van der Waals surface area (Å²) in [5.41, 5.74) is 3.40. The van der Waals surface area contributed by atoms with Crippen LogP contribution in [0.25, 0.3) is 0 Å². The van der Waals surface area contributed by atoms with Crippen LogP contribution in [0.4, 0.5) is 0 Å². The van der Waals surface area contributed by atoms with Crippen LogP contribution in [0.5, 0.6) is 11.5 Å². The molecule has 0 fully saturated rings. The van der Waals surface area contributed by atoms with E-state index in [-0.39, 0.29) is 19.1 Å². The lowest BCUT2D eigenvalue weighted by Gasteiger charge is -2.20. The van der Waals surface area contributed by atoms with Crippen molar-refractivity contribution in [1.29, 1.82) is 0 Å². The second-order valence-corrected chi connectivity index (χ2v) is 7.99. The van der Waals surface area contributed by atoms with Gasteiger partial charge in [0.15, 0.2) is 13.2 Å².